The highest BCUT2D eigenvalue weighted by molar-refractivity contribution is 5.97. The number of alkyl halides is 5. The van der Waals surface area contributed by atoms with Crippen LogP contribution in [0.15, 0.2) is 48.8 Å². The Morgan fingerprint density at radius 2 is 1.87 bits per heavy atom. The van der Waals surface area contributed by atoms with E-state index in [1.54, 1.807) is 22.8 Å². The summed E-state index contributed by atoms with van der Waals surface area (Å²) >= 11 is 0. The van der Waals surface area contributed by atoms with Gasteiger partial charge in [0.05, 0.1) is 28.7 Å². The van der Waals surface area contributed by atoms with Crippen molar-refractivity contribution in [3.8, 4) is 17.6 Å². The number of rotatable bonds is 2. The number of ether oxygens (including phenoxy) is 1. The number of fused-ring (bicyclic) bond motifs is 9. The van der Waals surface area contributed by atoms with Crippen molar-refractivity contribution in [3.63, 3.8) is 0 Å². The second kappa shape index (κ2) is 8.51. The maximum atomic E-state index is 13.5. The third kappa shape index (κ3) is 3.82. The van der Waals surface area contributed by atoms with Crippen molar-refractivity contribution in [3.05, 3.63) is 82.7 Å². The van der Waals surface area contributed by atoms with Crippen LogP contribution >= 0.6 is 0 Å². The van der Waals surface area contributed by atoms with Gasteiger partial charge in [-0.2, -0.15) is 22.0 Å². The van der Waals surface area contributed by atoms with Crippen LogP contribution in [0.5, 0.6) is 5.75 Å². The number of nitrogens with zero attached hydrogens (tertiary/aromatic N) is 5. The van der Waals surface area contributed by atoms with Gasteiger partial charge in [-0.3, -0.25) is 4.79 Å². The van der Waals surface area contributed by atoms with E-state index in [0.717, 1.165) is 17.3 Å². The summed E-state index contributed by atoms with van der Waals surface area (Å²) in [6, 6.07) is 7.11. The number of carbonyl (C=O) groups excluding carboxylic acids is 1. The van der Waals surface area contributed by atoms with Crippen LogP contribution < -0.4 is 4.74 Å². The molecule has 12 heteroatoms. The van der Waals surface area contributed by atoms with Crippen molar-refractivity contribution < 1.29 is 35.6 Å². The van der Waals surface area contributed by atoms with Crippen LogP contribution in [0.1, 0.15) is 61.3 Å². The first kappa shape index (κ1) is 20.5. The van der Waals surface area contributed by atoms with E-state index in [1.807, 2.05) is 0 Å². The first-order valence-electron chi connectivity index (χ1n) is 12.7. The number of halogens is 5. The normalized spacial score (nSPS) is 19.7. The maximum Gasteiger partial charge on any atom is 0.451 e. The molecule has 0 aliphatic carbocycles. The van der Waals surface area contributed by atoms with Crippen molar-refractivity contribution >= 4 is 16.9 Å². The maximum absolute atomic E-state index is 13.5. The average Bonchev–Trinajstić information content (AvgIpc) is 3.39. The van der Waals surface area contributed by atoms with E-state index in [1.165, 1.54) is 18.2 Å². The molecule has 0 fully saturated rings. The quantitative estimate of drug-likeness (QED) is 0.272. The molecule has 2 aromatic carbocycles. The molecule has 38 heavy (non-hydrogen) atoms. The molecule has 192 valence electrons. The zero-order valence-corrected chi connectivity index (χ0v) is 19.0. The zero-order valence-electron chi connectivity index (χ0n) is 22.0. The molecule has 2 aliphatic heterocycles. The second-order valence-electron chi connectivity index (χ2n) is 8.62. The van der Waals surface area contributed by atoms with Crippen LogP contribution in [0.25, 0.3) is 11.0 Å². The minimum absolute atomic E-state index is 0.0534. The molecule has 2 bridgehead atoms. The van der Waals surface area contributed by atoms with E-state index >= 15 is 0 Å². The van der Waals surface area contributed by atoms with Crippen LogP contribution in [0.4, 0.5) is 22.0 Å². The lowest BCUT2D eigenvalue weighted by atomic mass is 9.97. The van der Waals surface area contributed by atoms with Gasteiger partial charge in [-0.05, 0) is 30.3 Å². The standard InChI is InChI=1S/C26H16F5N5O2/c1-35-19-10-18(21-15(23(35)37)3-2-4-20(21)38-25(27)28)36-17-9-13(7-8-16(17)34-22(19)36)5-6-14-11-32-24(33-12-14)26(29,30)31/h2-4,7-9,11-12,18-19,25H,10H2,1H3/t18-,19-/m1/s1/i1D3. The van der Waals surface area contributed by atoms with Gasteiger partial charge in [-0.15, -0.1) is 0 Å². The summed E-state index contributed by atoms with van der Waals surface area (Å²) in [6.07, 6.45) is -2.73. The highest BCUT2D eigenvalue weighted by Gasteiger charge is 2.45. The second-order valence-corrected chi connectivity index (χ2v) is 8.62. The Bertz CT molecular complexity index is 1760. The number of amides is 1. The summed E-state index contributed by atoms with van der Waals surface area (Å²) < 4.78 is 95.5. The lowest BCUT2D eigenvalue weighted by Crippen LogP contribution is -2.30. The number of hydrogen-bond acceptors (Lipinski definition) is 5. The van der Waals surface area contributed by atoms with E-state index in [9.17, 15) is 26.7 Å². The van der Waals surface area contributed by atoms with Gasteiger partial charge < -0.3 is 14.2 Å². The van der Waals surface area contributed by atoms with Gasteiger partial charge in [-0.1, -0.05) is 17.9 Å². The topological polar surface area (TPSA) is 73.1 Å². The van der Waals surface area contributed by atoms with Crippen LogP contribution in [0.2, 0.25) is 0 Å². The highest BCUT2D eigenvalue weighted by Crippen LogP contribution is 2.49. The molecule has 4 aromatic rings. The molecule has 0 spiro atoms. The third-order valence-electron chi connectivity index (χ3n) is 6.41. The third-order valence-corrected chi connectivity index (χ3v) is 6.41. The Labute approximate surface area is 216 Å². The van der Waals surface area contributed by atoms with Gasteiger partial charge in [0, 0.05) is 46.6 Å². The van der Waals surface area contributed by atoms with Crippen molar-refractivity contribution in [1.29, 1.82) is 0 Å². The molecule has 2 aliphatic rings. The zero-order chi connectivity index (χ0) is 29.3. The Balaban J connectivity index is 1.49. The fraction of sp³-hybridized carbons (Fsp3) is 0.231. The molecule has 0 radical (unpaired) electrons. The van der Waals surface area contributed by atoms with Gasteiger partial charge in [0.15, 0.2) is 0 Å². The van der Waals surface area contributed by atoms with Gasteiger partial charge >= 0.3 is 12.8 Å². The summed E-state index contributed by atoms with van der Waals surface area (Å²) in [5, 5.41) is 0. The molecule has 0 saturated carbocycles. The minimum Gasteiger partial charge on any atom is -0.434 e. The van der Waals surface area contributed by atoms with Crippen molar-refractivity contribution in [2.75, 3.05) is 6.98 Å². The van der Waals surface area contributed by atoms with Crippen molar-refractivity contribution in [2.24, 2.45) is 0 Å². The number of aromatic nitrogens is 4. The minimum atomic E-state index is -4.69. The Kier molecular flexibility index (Phi) is 4.60. The lowest BCUT2D eigenvalue weighted by Gasteiger charge is -2.24. The summed E-state index contributed by atoms with van der Waals surface area (Å²) in [4.78, 5) is 25.4. The summed E-state index contributed by atoms with van der Waals surface area (Å²) in [5.41, 5.74) is 1.54. The molecule has 1 amide bonds. The highest BCUT2D eigenvalue weighted by atomic mass is 19.4. The molecule has 2 aromatic heterocycles. The van der Waals surface area contributed by atoms with Crippen molar-refractivity contribution in [1.82, 2.24) is 24.4 Å². The first-order chi connectivity index (χ1) is 19.3. The van der Waals surface area contributed by atoms with Gasteiger partial charge in [0.25, 0.3) is 5.91 Å². The SMILES string of the molecule is [2H]C([2H])([2H])N1C(=O)c2cccc(OC(F)F)c2[C@H]2C[C@@H]1c1nc3ccc(C#Cc4cnc(C(F)(F)F)nc4)cc3n12. The van der Waals surface area contributed by atoms with E-state index in [2.05, 4.69) is 26.8 Å². The first-order valence-corrected chi connectivity index (χ1v) is 11.2. The molecule has 0 unspecified atom stereocenters. The van der Waals surface area contributed by atoms with E-state index in [0.29, 0.717) is 16.6 Å². The lowest BCUT2D eigenvalue weighted by molar-refractivity contribution is -0.145. The molecule has 0 saturated heterocycles. The van der Waals surface area contributed by atoms with Gasteiger partial charge in [0.1, 0.15) is 11.6 Å². The molecule has 0 N–H and O–H groups in total. The van der Waals surface area contributed by atoms with E-state index in [-0.39, 0.29) is 34.7 Å². The molecule has 6 rings (SSSR count). The Morgan fingerprint density at radius 3 is 2.58 bits per heavy atom. The molecule has 4 heterocycles. The fourth-order valence-electron chi connectivity index (χ4n) is 4.87. The Morgan fingerprint density at radius 1 is 1.11 bits per heavy atom. The average molecular weight is 528 g/mol. The molecular formula is C26H16F5N5O2. The predicted molar refractivity (Wildman–Crippen MR) is 123 cm³/mol. The fourth-order valence-corrected chi connectivity index (χ4v) is 4.87. The predicted octanol–water partition coefficient (Wildman–Crippen LogP) is 4.97. The van der Waals surface area contributed by atoms with Crippen LogP contribution in [-0.2, 0) is 6.18 Å². The molecule has 2 atom stereocenters. The van der Waals surface area contributed by atoms with Gasteiger partial charge in [0.2, 0.25) is 5.82 Å². The number of carbonyl (C=O) groups is 1. The van der Waals surface area contributed by atoms with E-state index < -0.39 is 43.6 Å². The monoisotopic (exact) mass is 528 g/mol. The van der Waals surface area contributed by atoms with Gasteiger partial charge in [-0.25, -0.2) is 15.0 Å². The molecular weight excluding hydrogens is 509 g/mol. The van der Waals surface area contributed by atoms with Crippen LogP contribution in [0.3, 0.4) is 0 Å². The largest absolute Gasteiger partial charge is 0.451 e. The van der Waals surface area contributed by atoms with E-state index in [4.69, 9.17) is 8.85 Å². The van der Waals surface area contributed by atoms with Crippen molar-refractivity contribution in [2.45, 2.75) is 31.3 Å². The number of hydrogen-bond donors (Lipinski definition) is 0. The van der Waals surface area contributed by atoms with Crippen LogP contribution in [0, 0.1) is 11.8 Å². The number of benzene rings is 2. The Hall–Kier alpha value is -4.53. The molecule has 7 nitrogen and oxygen atoms in total. The summed E-state index contributed by atoms with van der Waals surface area (Å²) in [5.74, 6) is 3.39. The summed E-state index contributed by atoms with van der Waals surface area (Å²) in [7, 11) is 0. The smallest absolute Gasteiger partial charge is 0.434 e. The summed E-state index contributed by atoms with van der Waals surface area (Å²) in [6.45, 7) is -6.05. The number of imidazole rings is 1. The van der Waals surface area contributed by atoms with Crippen LogP contribution in [-0.4, -0.2) is 43.9 Å².